The van der Waals surface area contributed by atoms with E-state index in [0.717, 1.165) is 0 Å². The van der Waals surface area contributed by atoms with Crippen LogP contribution < -0.4 is 10.4 Å². The van der Waals surface area contributed by atoms with Crippen LogP contribution in [0, 0.1) is 19.7 Å². The quantitative estimate of drug-likeness (QED) is 0.463. The number of carbonyl (C=O) groups is 1. The maximum Gasteiger partial charge on any atom is 0.340 e. The third-order valence-electron chi connectivity index (χ3n) is 4.60. The van der Waals surface area contributed by atoms with E-state index in [2.05, 4.69) is 4.74 Å². The van der Waals surface area contributed by atoms with Crippen LogP contribution in [0.5, 0.6) is 5.75 Å². The number of hydrogen-bond donors (Lipinski definition) is 0. The lowest BCUT2D eigenvalue weighted by Crippen LogP contribution is -2.16. The summed E-state index contributed by atoms with van der Waals surface area (Å²) in [6.07, 6.45) is -0.152. The summed E-state index contributed by atoms with van der Waals surface area (Å²) in [7, 11) is 1.27. The molecule has 0 amide bonds. The van der Waals surface area contributed by atoms with Crippen molar-refractivity contribution in [3.63, 3.8) is 0 Å². The van der Waals surface area contributed by atoms with Gasteiger partial charge in [0.2, 0.25) is 0 Å². The first-order chi connectivity index (χ1) is 13.3. The Bertz CT molecular complexity index is 1120. The summed E-state index contributed by atoms with van der Waals surface area (Å²) >= 11 is 6.03. The molecule has 0 aliphatic carbocycles. The number of methoxy groups -OCH3 is 1. The Labute approximate surface area is 165 Å². The summed E-state index contributed by atoms with van der Waals surface area (Å²) in [5.41, 5.74) is 2.00. The molecular weight excluding hydrogens is 387 g/mol. The van der Waals surface area contributed by atoms with E-state index in [9.17, 15) is 14.0 Å². The fourth-order valence-corrected chi connectivity index (χ4v) is 3.16. The third kappa shape index (κ3) is 3.87. The lowest BCUT2D eigenvalue weighted by Gasteiger charge is -2.13. The number of esters is 1. The molecule has 0 saturated carbocycles. The van der Waals surface area contributed by atoms with Crippen LogP contribution in [-0.2, 0) is 22.6 Å². The smallest absolute Gasteiger partial charge is 0.340 e. The Morgan fingerprint density at radius 2 is 1.93 bits per heavy atom. The topological polar surface area (TPSA) is 65.7 Å². The van der Waals surface area contributed by atoms with E-state index in [0.29, 0.717) is 33.4 Å². The molecule has 28 heavy (non-hydrogen) atoms. The van der Waals surface area contributed by atoms with Gasteiger partial charge in [0.1, 0.15) is 23.8 Å². The number of fused-ring (bicyclic) bond motifs is 1. The van der Waals surface area contributed by atoms with Gasteiger partial charge in [-0.05, 0) is 43.7 Å². The van der Waals surface area contributed by atoms with Crippen molar-refractivity contribution in [2.24, 2.45) is 0 Å². The highest BCUT2D eigenvalue weighted by Gasteiger charge is 2.18. The van der Waals surface area contributed by atoms with Gasteiger partial charge in [0.05, 0.1) is 24.1 Å². The summed E-state index contributed by atoms with van der Waals surface area (Å²) in [6, 6.07) is 7.60. The van der Waals surface area contributed by atoms with Crippen molar-refractivity contribution in [1.29, 1.82) is 0 Å². The Morgan fingerprint density at radius 1 is 1.18 bits per heavy atom. The molecule has 7 heteroatoms. The highest BCUT2D eigenvalue weighted by molar-refractivity contribution is 6.31. The average Bonchev–Trinajstić information content (AvgIpc) is 2.66. The second-order valence-electron chi connectivity index (χ2n) is 6.34. The number of benzene rings is 2. The highest BCUT2D eigenvalue weighted by Crippen LogP contribution is 2.30. The summed E-state index contributed by atoms with van der Waals surface area (Å²) in [4.78, 5) is 23.9. The monoisotopic (exact) mass is 404 g/mol. The van der Waals surface area contributed by atoms with E-state index in [-0.39, 0.29) is 23.6 Å². The van der Waals surface area contributed by atoms with E-state index in [1.807, 2.05) is 0 Å². The molecule has 0 bridgehead atoms. The van der Waals surface area contributed by atoms with Crippen LogP contribution in [0.15, 0.2) is 39.5 Å². The third-order valence-corrected chi connectivity index (χ3v) is 4.95. The highest BCUT2D eigenvalue weighted by atomic mass is 35.5. The molecule has 0 atom stereocenters. The van der Waals surface area contributed by atoms with Gasteiger partial charge in [-0.15, -0.1) is 0 Å². The molecule has 3 rings (SSSR count). The van der Waals surface area contributed by atoms with Gasteiger partial charge in [0.15, 0.2) is 0 Å². The van der Waals surface area contributed by atoms with Crippen molar-refractivity contribution in [3.05, 3.63) is 73.8 Å². The summed E-state index contributed by atoms with van der Waals surface area (Å²) in [5, 5.41) is 0.983. The van der Waals surface area contributed by atoms with Gasteiger partial charge in [0, 0.05) is 16.5 Å². The van der Waals surface area contributed by atoms with Crippen molar-refractivity contribution >= 4 is 28.5 Å². The maximum atomic E-state index is 13.2. The van der Waals surface area contributed by atoms with Gasteiger partial charge in [-0.2, -0.15) is 0 Å². The Balaban J connectivity index is 1.96. The van der Waals surface area contributed by atoms with E-state index >= 15 is 0 Å². The molecule has 146 valence electrons. The zero-order chi connectivity index (χ0) is 20.4. The number of carbonyl (C=O) groups excluding carboxylic acids is 1. The van der Waals surface area contributed by atoms with Crippen LogP contribution >= 0.6 is 11.6 Å². The molecule has 0 spiro atoms. The molecule has 0 N–H and O–H groups in total. The first-order valence-electron chi connectivity index (χ1n) is 8.51. The van der Waals surface area contributed by atoms with Gasteiger partial charge >= 0.3 is 11.6 Å². The Hall–Kier alpha value is -2.86. The van der Waals surface area contributed by atoms with Crippen molar-refractivity contribution in [2.75, 3.05) is 7.11 Å². The van der Waals surface area contributed by atoms with Gasteiger partial charge in [0.25, 0.3) is 0 Å². The summed E-state index contributed by atoms with van der Waals surface area (Å²) in [6.45, 7) is 3.66. The molecule has 0 saturated heterocycles. The zero-order valence-corrected chi connectivity index (χ0v) is 16.4. The molecule has 0 aliphatic rings. The summed E-state index contributed by atoms with van der Waals surface area (Å²) in [5.74, 6) is -0.422. The standard InChI is InChI=1S/C21H18ClFO5/c1-11-15-6-7-18(27-10-13-4-5-14(23)8-17(13)22)12(2)20(15)28-21(25)16(11)9-19(24)26-3/h4-8H,9-10H2,1-3H3. The van der Waals surface area contributed by atoms with Gasteiger partial charge in [-0.3, -0.25) is 4.79 Å². The Kier molecular flexibility index (Phi) is 5.70. The van der Waals surface area contributed by atoms with Crippen molar-refractivity contribution in [2.45, 2.75) is 26.9 Å². The SMILES string of the molecule is COC(=O)Cc1c(C)c2ccc(OCc3ccc(F)cc3Cl)c(C)c2oc1=O. The molecule has 1 heterocycles. The predicted molar refractivity (Wildman–Crippen MR) is 103 cm³/mol. The molecule has 3 aromatic rings. The lowest BCUT2D eigenvalue weighted by atomic mass is 10.0. The molecule has 1 aromatic heterocycles. The second kappa shape index (κ2) is 8.02. The van der Waals surface area contributed by atoms with Gasteiger partial charge < -0.3 is 13.9 Å². The minimum atomic E-state index is -0.586. The fraction of sp³-hybridized carbons (Fsp3) is 0.238. The number of aryl methyl sites for hydroxylation is 2. The van der Waals surface area contributed by atoms with Crippen LogP contribution in [0.25, 0.3) is 11.0 Å². The largest absolute Gasteiger partial charge is 0.488 e. The van der Waals surface area contributed by atoms with Crippen LogP contribution in [0.4, 0.5) is 4.39 Å². The van der Waals surface area contributed by atoms with Crippen LogP contribution in [-0.4, -0.2) is 13.1 Å². The van der Waals surface area contributed by atoms with Crippen molar-refractivity contribution < 1.29 is 23.1 Å². The van der Waals surface area contributed by atoms with E-state index < -0.39 is 17.4 Å². The summed E-state index contributed by atoms with van der Waals surface area (Å²) < 4.78 is 29.1. The molecular formula is C21H18ClFO5. The van der Waals surface area contributed by atoms with E-state index in [4.69, 9.17) is 20.8 Å². The normalized spacial score (nSPS) is 10.9. The minimum absolute atomic E-state index is 0.134. The zero-order valence-electron chi connectivity index (χ0n) is 15.6. The number of rotatable bonds is 5. The molecule has 0 aliphatic heterocycles. The number of halogens is 2. The molecule has 2 aromatic carbocycles. The molecule has 5 nitrogen and oxygen atoms in total. The van der Waals surface area contributed by atoms with Crippen LogP contribution in [0.1, 0.15) is 22.3 Å². The number of hydrogen-bond acceptors (Lipinski definition) is 5. The fourth-order valence-electron chi connectivity index (χ4n) is 2.94. The second-order valence-corrected chi connectivity index (χ2v) is 6.74. The molecule has 0 radical (unpaired) electrons. The number of ether oxygens (including phenoxy) is 2. The first kappa shape index (κ1) is 19.9. The van der Waals surface area contributed by atoms with E-state index in [1.165, 1.54) is 19.2 Å². The van der Waals surface area contributed by atoms with Crippen molar-refractivity contribution in [3.8, 4) is 5.75 Å². The van der Waals surface area contributed by atoms with Gasteiger partial charge in [-0.1, -0.05) is 17.7 Å². The molecule has 0 unspecified atom stereocenters. The maximum absolute atomic E-state index is 13.2. The first-order valence-corrected chi connectivity index (χ1v) is 8.89. The predicted octanol–water partition coefficient (Wildman–Crippen LogP) is 4.50. The average molecular weight is 405 g/mol. The lowest BCUT2D eigenvalue weighted by molar-refractivity contribution is -0.139. The van der Waals surface area contributed by atoms with Crippen molar-refractivity contribution in [1.82, 2.24) is 0 Å². The van der Waals surface area contributed by atoms with E-state index in [1.54, 1.807) is 32.0 Å². The van der Waals surface area contributed by atoms with Crippen LogP contribution in [0.3, 0.4) is 0 Å². The van der Waals surface area contributed by atoms with Gasteiger partial charge in [-0.25, -0.2) is 9.18 Å². The van der Waals surface area contributed by atoms with Crippen LogP contribution in [0.2, 0.25) is 5.02 Å². The minimum Gasteiger partial charge on any atom is -0.488 e. The molecule has 0 fully saturated rings. The Morgan fingerprint density at radius 3 is 2.61 bits per heavy atom.